The fraction of sp³-hybridized carbons (Fsp3) is 0.111. The van der Waals surface area contributed by atoms with Gasteiger partial charge in [0, 0.05) is 15.4 Å². The molecule has 0 saturated heterocycles. The van der Waals surface area contributed by atoms with Crippen LogP contribution in [0.4, 0.5) is 0 Å². The Labute approximate surface area is 86.8 Å². The van der Waals surface area contributed by atoms with E-state index < -0.39 is 10.6 Å². The Morgan fingerprint density at radius 3 is 2.69 bits per heavy atom. The number of fused-ring (bicyclic) bond motifs is 1. The van der Waals surface area contributed by atoms with Crippen LogP contribution in [0.1, 0.15) is 11.1 Å². The second-order valence-electron chi connectivity index (χ2n) is 3.06. The van der Waals surface area contributed by atoms with E-state index in [1.54, 1.807) is 6.08 Å². The van der Waals surface area contributed by atoms with E-state index in [4.69, 9.17) is 0 Å². The van der Waals surface area contributed by atoms with Crippen molar-refractivity contribution in [2.75, 3.05) is 0 Å². The molecule has 0 fully saturated rings. The van der Waals surface area contributed by atoms with E-state index in [1.165, 1.54) is 5.41 Å². The summed E-state index contributed by atoms with van der Waals surface area (Å²) in [6.45, 7) is 1.98. The van der Waals surface area contributed by atoms with Crippen molar-refractivity contribution in [3.05, 3.63) is 33.1 Å². The molecule has 2 nitrogen and oxygen atoms in total. The monoisotopic (exact) mass is 260 g/mol. The zero-order valence-corrected chi connectivity index (χ0v) is 9.39. The Morgan fingerprint density at radius 2 is 2.00 bits per heavy atom. The molecule has 1 aromatic carbocycles. The molecule has 0 aliphatic carbocycles. The van der Waals surface area contributed by atoms with Gasteiger partial charge in [-0.25, -0.2) is 0 Å². The summed E-state index contributed by atoms with van der Waals surface area (Å²) in [6, 6.07) is 3.83. The highest BCUT2D eigenvalue weighted by atomic mass is 79.9. The van der Waals surface area contributed by atoms with Gasteiger partial charge in [-0.1, -0.05) is 6.07 Å². The Bertz CT molecular complexity index is 399. The second-order valence-corrected chi connectivity index (χ2v) is 5.78. The maximum absolute atomic E-state index is 9.64. The lowest BCUT2D eigenvalue weighted by Crippen LogP contribution is -1.93. The number of aryl methyl sites for hydroxylation is 1. The summed E-state index contributed by atoms with van der Waals surface area (Å²) < 4.78 is 20.1. The number of hydrogen-bond donors (Lipinski definition) is 2. The molecule has 70 valence electrons. The number of hydrogen-bond acceptors (Lipinski definition) is 2. The minimum Gasteiger partial charge on any atom is -0.291 e. The van der Waals surface area contributed by atoms with Gasteiger partial charge >= 0.3 is 0 Å². The highest BCUT2D eigenvalue weighted by Crippen LogP contribution is 2.58. The summed E-state index contributed by atoms with van der Waals surface area (Å²) >= 11 is 3.33. The molecule has 1 aromatic rings. The van der Waals surface area contributed by atoms with E-state index in [9.17, 15) is 9.11 Å². The molecule has 13 heavy (non-hydrogen) atoms. The topological polar surface area (TPSA) is 40.5 Å². The normalized spacial score (nSPS) is 20.0. The zero-order valence-electron chi connectivity index (χ0n) is 6.99. The predicted molar refractivity (Wildman–Crippen MR) is 59.0 cm³/mol. The molecule has 0 atom stereocenters. The fourth-order valence-electron chi connectivity index (χ4n) is 1.43. The average molecular weight is 261 g/mol. The molecule has 0 aromatic heterocycles. The molecule has 1 aliphatic heterocycles. The first-order chi connectivity index (χ1) is 6.00. The molecular weight excluding hydrogens is 252 g/mol. The molecule has 2 rings (SSSR count). The molecule has 0 saturated carbocycles. The van der Waals surface area contributed by atoms with Gasteiger partial charge in [-0.15, -0.1) is 10.6 Å². The van der Waals surface area contributed by atoms with E-state index in [-0.39, 0.29) is 0 Å². The third-order valence-corrected chi connectivity index (χ3v) is 4.41. The van der Waals surface area contributed by atoms with Gasteiger partial charge in [0.2, 0.25) is 0 Å². The third kappa shape index (κ3) is 1.44. The summed E-state index contributed by atoms with van der Waals surface area (Å²) in [6.07, 6.45) is 1.75. The van der Waals surface area contributed by atoms with Gasteiger partial charge in [0.05, 0.1) is 4.90 Å². The van der Waals surface area contributed by atoms with E-state index in [0.717, 1.165) is 15.6 Å². The van der Waals surface area contributed by atoms with E-state index >= 15 is 0 Å². The van der Waals surface area contributed by atoms with Gasteiger partial charge in [0.15, 0.2) is 0 Å². The Morgan fingerprint density at radius 1 is 1.31 bits per heavy atom. The van der Waals surface area contributed by atoms with Crippen molar-refractivity contribution in [2.45, 2.75) is 11.8 Å². The molecule has 0 bridgehead atoms. The van der Waals surface area contributed by atoms with Crippen LogP contribution >= 0.6 is 26.5 Å². The van der Waals surface area contributed by atoms with Gasteiger partial charge in [-0.05, 0) is 40.6 Å². The van der Waals surface area contributed by atoms with Gasteiger partial charge in [0.1, 0.15) is 0 Å². The molecule has 0 unspecified atom stereocenters. The lowest BCUT2D eigenvalue weighted by atomic mass is 10.1. The number of rotatable bonds is 0. The summed E-state index contributed by atoms with van der Waals surface area (Å²) in [5.41, 5.74) is 2.00. The van der Waals surface area contributed by atoms with Crippen molar-refractivity contribution >= 4 is 32.6 Å². The van der Waals surface area contributed by atoms with Crippen molar-refractivity contribution in [1.82, 2.24) is 0 Å². The standard InChI is InChI=1S/C9H9BrO2S/c1-6-4-7-2-3-13(11,12)9(7)8(10)5-6/h2-5,11-12H,1H3. The quantitative estimate of drug-likeness (QED) is 0.744. The first-order valence-electron chi connectivity index (χ1n) is 3.77. The van der Waals surface area contributed by atoms with E-state index in [1.807, 2.05) is 19.1 Å². The zero-order chi connectivity index (χ0) is 9.64. The van der Waals surface area contributed by atoms with Crippen LogP contribution in [0.2, 0.25) is 0 Å². The predicted octanol–water partition coefficient (Wildman–Crippen LogP) is 3.85. The second kappa shape index (κ2) is 2.85. The minimum absolute atomic E-state index is 0.609. The van der Waals surface area contributed by atoms with Crippen molar-refractivity contribution in [1.29, 1.82) is 0 Å². The lowest BCUT2D eigenvalue weighted by molar-refractivity contribution is 0.500. The van der Waals surface area contributed by atoms with Crippen molar-refractivity contribution in [2.24, 2.45) is 0 Å². The molecular formula is C9H9BrO2S. The third-order valence-electron chi connectivity index (χ3n) is 1.95. The Hall–Kier alpha value is -0.290. The summed E-state index contributed by atoms with van der Waals surface area (Å²) in [5.74, 6) is 0. The van der Waals surface area contributed by atoms with Crippen molar-refractivity contribution < 1.29 is 9.11 Å². The SMILES string of the molecule is Cc1cc(Br)c2c(c1)C=CS2(O)O. The number of benzene rings is 1. The smallest absolute Gasteiger partial charge is 0.0845 e. The maximum Gasteiger partial charge on any atom is 0.0845 e. The molecule has 0 radical (unpaired) electrons. The highest BCUT2D eigenvalue weighted by Gasteiger charge is 2.24. The van der Waals surface area contributed by atoms with Crippen LogP contribution in [0.5, 0.6) is 0 Å². The van der Waals surface area contributed by atoms with Crippen molar-refractivity contribution in [3.8, 4) is 0 Å². The highest BCUT2D eigenvalue weighted by molar-refractivity contribution is 9.10. The maximum atomic E-state index is 9.64. The van der Waals surface area contributed by atoms with Crippen LogP contribution in [-0.4, -0.2) is 9.11 Å². The average Bonchev–Trinajstić information content (AvgIpc) is 2.26. The molecule has 0 amide bonds. The van der Waals surface area contributed by atoms with E-state index in [2.05, 4.69) is 15.9 Å². The molecule has 0 spiro atoms. The van der Waals surface area contributed by atoms with E-state index in [0.29, 0.717) is 4.90 Å². The number of halogens is 1. The Balaban J connectivity index is 2.71. The van der Waals surface area contributed by atoms with Crippen LogP contribution in [0.25, 0.3) is 6.08 Å². The molecule has 4 heteroatoms. The van der Waals surface area contributed by atoms with Crippen LogP contribution in [-0.2, 0) is 0 Å². The van der Waals surface area contributed by atoms with Gasteiger partial charge in [0.25, 0.3) is 0 Å². The van der Waals surface area contributed by atoms with Crippen LogP contribution < -0.4 is 0 Å². The molecule has 2 N–H and O–H groups in total. The van der Waals surface area contributed by atoms with Gasteiger partial charge in [-0.3, -0.25) is 9.11 Å². The lowest BCUT2D eigenvalue weighted by Gasteiger charge is -2.26. The Kier molecular flexibility index (Phi) is 2.03. The fourth-order valence-corrected chi connectivity index (χ4v) is 4.03. The summed E-state index contributed by atoms with van der Waals surface area (Å²) in [7, 11) is -2.68. The largest absolute Gasteiger partial charge is 0.291 e. The van der Waals surface area contributed by atoms with Crippen LogP contribution in [0, 0.1) is 6.92 Å². The molecule has 1 aliphatic rings. The molecule has 1 heterocycles. The first kappa shape index (κ1) is 9.27. The van der Waals surface area contributed by atoms with Crippen LogP contribution in [0.3, 0.4) is 0 Å². The summed E-state index contributed by atoms with van der Waals surface area (Å²) in [5, 5.41) is 1.46. The summed E-state index contributed by atoms with van der Waals surface area (Å²) in [4.78, 5) is 0.609. The van der Waals surface area contributed by atoms with Crippen LogP contribution in [0.15, 0.2) is 26.9 Å². The van der Waals surface area contributed by atoms with Gasteiger partial charge in [-0.2, -0.15) is 0 Å². The van der Waals surface area contributed by atoms with Crippen molar-refractivity contribution in [3.63, 3.8) is 0 Å². The van der Waals surface area contributed by atoms with Gasteiger partial charge < -0.3 is 0 Å². The first-order valence-corrected chi connectivity index (χ1v) is 6.17. The minimum atomic E-state index is -2.68.